The fourth-order valence-corrected chi connectivity index (χ4v) is 2.76. The fraction of sp³-hybridized carbons (Fsp3) is 0.917. The Morgan fingerprint density at radius 2 is 2.16 bits per heavy atom. The van der Waals surface area contributed by atoms with Gasteiger partial charge in [-0.3, -0.25) is 4.79 Å². The van der Waals surface area contributed by atoms with Crippen molar-refractivity contribution in [3.8, 4) is 0 Å². The molecular weight excluding hydrogens is 261 g/mol. The minimum absolute atomic E-state index is 0.0233. The van der Waals surface area contributed by atoms with Crippen LogP contribution < -0.4 is 5.32 Å². The van der Waals surface area contributed by atoms with Gasteiger partial charge in [0.1, 0.15) is 6.61 Å². The summed E-state index contributed by atoms with van der Waals surface area (Å²) in [4.78, 5) is 13.6. The van der Waals surface area contributed by atoms with Crippen LogP contribution in [0.1, 0.15) is 19.3 Å². The number of likely N-dealkylation sites (tertiary alicyclic amines) is 1. The summed E-state index contributed by atoms with van der Waals surface area (Å²) in [5, 5.41) is 3.38. The standard InChI is InChI=1S/C12H19F3N2O2/c13-12(14,15)8-19-5-3-11(18)17-6-9-2-1-4-16-10(9)7-17/h9-10,16H,1-8H2/t9-,10+/m0/s1. The number of carbonyl (C=O) groups excluding carboxylic acids is 1. The second-order valence-electron chi connectivity index (χ2n) is 5.18. The van der Waals surface area contributed by atoms with Crippen molar-refractivity contribution in [1.29, 1.82) is 0 Å². The Labute approximate surface area is 110 Å². The lowest BCUT2D eigenvalue weighted by Gasteiger charge is -2.24. The van der Waals surface area contributed by atoms with Gasteiger partial charge in [0.05, 0.1) is 13.0 Å². The van der Waals surface area contributed by atoms with Crippen LogP contribution in [0, 0.1) is 5.92 Å². The summed E-state index contributed by atoms with van der Waals surface area (Å²) in [7, 11) is 0. The Balaban J connectivity index is 1.67. The number of carbonyl (C=O) groups is 1. The van der Waals surface area contributed by atoms with Crippen LogP contribution in [0.5, 0.6) is 0 Å². The van der Waals surface area contributed by atoms with Gasteiger partial charge < -0.3 is 15.0 Å². The SMILES string of the molecule is O=C(CCOCC(F)(F)F)N1C[C@@H]2CCCN[C@@H]2C1. The molecule has 0 aromatic carbocycles. The number of piperidine rings is 1. The summed E-state index contributed by atoms with van der Waals surface area (Å²) in [6.07, 6.45) is -2.06. The number of fused-ring (bicyclic) bond motifs is 1. The number of nitrogens with one attached hydrogen (secondary N) is 1. The van der Waals surface area contributed by atoms with E-state index in [9.17, 15) is 18.0 Å². The van der Waals surface area contributed by atoms with Crippen LogP contribution >= 0.6 is 0 Å². The number of amides is 1. The second kappa shape index (κ2) is 6.09. The van der Waals surface area contributed by atoms with Crippen LogP contribution in [0.4, 0.5) is 13.2 Å². The molecule has 1 N–H and O–H groups in total. The van der Waals surface area contributed by atoms with Gasteiger partial charge >= 0.3 is 6.18 Å². The first kappa shape index (κ1) is 14.6. The first-order valence-electron chi connectivity index (χ1n) is 6.61. The fourth-order valence-electron chi connectivity index (χ4n) is 2.76. The molecule has 0 bridgehead atoms. The second-order valence-corrected chi connectivity index (χ2v) is 5.18. The van der Waals surface area contributed by atoms with Crippen LogP contribution in [0.3, 0.4) is 0 Å². The van der Waals surface area contributed by atoms with Gasteiger partial charge in [-0.15, -0.1) is 0 Å². The van der Waals surface area contributed by atoms with Crippen molar-refractivity contribution in [2.24, 2.45) is 5.92 Å². The van der Waals surface area contributed by atoms with Crippen LogP contribution in [0.15, 0.2) is 0 Å². The summed E-state index contributed by atoms with van der Waals surface area (Å²) in [5.74, 6) is 0.382. The molecule has 2 atom stereocenters. The van der Waals surface area contributed by atoms with Crippen LogP contribution in [-0.4, -0.2) is 55.9 Å². The van der Waals surface area contributed by atoms with E-state index in [1.807, 2.05) is 0 Å². The number of ether oxygens (including phenoxy) is 1. The van der Waals surface area contributed by atoms with E-state index in [2.05, 4.69) is 10.1 Å². The molecule has 0 aromatic rings. The maximum absolute atomic E-state index is 11.9. The number of alkyl halides is 3. The average molecular weight is 280 g/mol. The Kier molecular flexibility index (Phi) is 4.67. The molecule has 0 aliphatic carbocycles. The molecule has 2 saturated heterocycles. The molecule has 7 heteroatoms. The molecule has 0 aromatic heterocycles. The highest BCUT2D eigenvalue weighted by molar-refractivity contribution is 5.76. The highest BCUT2D eigenvalue weighted by atomic mass is 19.4. The normalized spacial score (nSPS) is 27.4. The van der Waals surface area contributed by atoms with E-state index in [4.69, 9.17) is 0 Å². The predicted octanol–water partition coefficient (Wildman–Crippen LogP) is 1.17. The lowest BCUT2D eigenvalue weighted by atomic mass is 9.94. The Morgan fingerprint density at radius 3 is 2.84 bits per heavy atom. The largest absolute Gasteiger partial charge is 0.411 e. The van der Waals surface area contributed by atoms with Crippen molar-refractivity contribution in [2.45, 2.75) is 31.5 Å². The molecule has 0 unspecified atom stereocenters. The van der Waals surface area contributed by atoms with Gasteiger partial charge in [-0.2, -0.15) is 13.2 Å². The highest BCUT2D eigenvalue weighted by Gasteiger charge is 2.36. The van der Waals surface area contributed by atoms with Gasteiger partial charge in [0, 0.05) is 19.1 Å². The van der Waals surface area contributed by atoms with E-state index in [1.54, 1.807) is 4.90 Å². The van der Waals surface area contributed by atoms with E-state index in [-0.39, 0.29) is 18.9 Å². The van der Waals surface area contributed by atoms with Gasteiger partial charge in [0.25, 0.3) is 0 Å². The third-order valence-electron chi connectivity index (χ3n) is 3.68. The van der Waals surface area contributed by atoms with Gasteiger partial charge in [-0.1, -0.05) is 0 Å². The average Bonchev–Trinajstić information content (AvgIpc) is 2.77. The van der Waals surface area contributed by atoms with E-state index < -0.39 is 12.8 Å². The molecule has 4 nitrogen and oxygen atoms in total. The third kappa shape index (κ3) is 4.35. The van der Waals surface area contributed by atoms with Crippen LogP contribution in [0.2, 0.25) is 0 Å². The van der Waals surface area contributed by atoms with E-state index in [0.717, 1.165) is 25.9 Å². The summed E-state index contributed by atoms with van der Waals surface area (Å²) in [5.41, 5.74) is 0. The maximum Gasteiger partial charge on any atom is 0.411 e. The van der Waals surface area contributed by atoms with Crippen molar-refractivity contribution in [3.63, 3.8) is 0 Å². The molecule has 0 saturated carbocycles. The number of hydrogen-bond donors (Lipinski definition) is 1. The molecule has 0 spiro atoms. The third-order valence-corrected chi connectivity index (χ3v) is 3.68. The molecule has 2 heterocycles. The summed E-state index contributed by atoms with van der Waals surface area (Å²) < 4.78 is 40.0. The van der Waals surface area contributed by atoms with Gasteiger partial charge in [-0.05, 0) is 25.3 Å². The molecule has 0 radical (unpaired) electrons. The number of halogens is 3. The maximum atomic E-state index is 11.9. The zero-order valence-electron chi connectivity index (χ0n) is 10.7. The minimum Gasteiger partial charge on any atom is -0.372 e. The Hall–Kier alpha value is -0.820. The quantitative estimate of drug-likeness (QED) is 0.786. The zero-order chi connectivity index (χ0) is 13.9. The minimum atomic E-state index is -4.32. The van der Waals surface area contributed by atoms with Crippen molar-refractivity contribution in [1.82, 2.24) is 10.2 Å². The molecule has 2 aliphatic heterocycles. The molecule has 2 rings (SSSR count). The van der Waals surface area contributed by atoms with Crippen molar-refractivity contribution in [3.05, 3.63) is 0 Å². The molecule has 2 fully saturated rings. The Morgan fingerprint density at radius 1 is 1.37 bits per heavy atom. The summed E-state index contributed by atoms with van der Waals surface area (Å²) >= 11 is 0. The van der Waals surface area contributed by atoms with Crippen molar-refractivity contribution in [2.75, 3.05) is 32.8 Å². The van der Waals surface area contributed by atoms with Gasteiger partial charge in [0.2, 0.25) is 5.91 Å². The molecular formula is C12H19F3N2O2. The first-order valence-corrected chi connectivity index (χ1v) is 6.61. The van der Waals surface area contributed by atoms with Crippen LogP contribution in [-0.2, 0) is 9.53 Å². The molecule has 2 aliphatic rings. The molecule has 1 amide bonds. The van der Waals surface area contributed by atoms with E-state index >= 15 is 0 Å². The summed E-state index contributed by atoms with van der Waals surface area (Å²) in [6, 6.07) is 0.355. The Bertz CT molecular complexity index is 309. The topological polar surface area (TPSA) is 41.6 Å². The summed E-state index contributed by atoms with van der Waals surface area (Å²) in [6.45, 7) is 0.918. The highest BCUT2D eigenvalue weighted by Crippen LogP contribution is 2.25. The van der Waals surface area contributed by atoms with Gasteiger partial charge in [-0.25, -0.2) is 0 Å². The molecule has 110 valence electrons. The predicted molar refractivity (Wildman–Crippen MR) is 62.6 cm³/mol. The van der Waals surface area contributed by atoms with E-state index in [0.29, 0.717) is 18.5 Å². The zero-order valence-corrected chi connectivity index (χ0v) is 10.7. The lowest BCUT2D eigenvalue weighted by molar-refractivity contribution is -0.175. The number of hydrogen-bond acceptors (Lipinski definition) is 3. The van der Waals surface area contributed by atoms with Gasteiger partial charge in [0.15, 0.2) is 0 Å². The smallest absolute Gasteiger partial charge is 0.372 e. The van der Waals surface area contributed by atoms with E-state index in [1.165, 1.54) is 0 Å². The molecule has 19 heavy (non-hydrogen) atoms. The lowest BCUT2D eigenvalue weighted by Crippen LogP contribution is -2.41. The van der Waals surface area contributed by atoms with Crippen molar-refractivity contribution < 1.29 is 22.7 Å². The van der Waals surface area contributed by atoms with Crippen LogP contribution in [0.25, 0.3) is 0 Å². The monoisotopic (exact) mass is 280 g/mol. The number of nitrogens with zero attached hydrogens (tertiary/aromatic N) is 1. The van der Waals surface area contributed by atoms with Crippen molar-refractivity contribution >= 4 is 5.91 Å². The first-order chi connectivity index (χ1) is 8.96. The number of rotatable bonds is 4.